The molecule has 5 heteroatoms. The molecule has 0 aliphatic carbocycles. The lowest BCUT2D eigenvalue weighted by Crippen LogP contribution is -2.14. The normalized spacial score (nSPS) is 13.0. The van der Waals surface area contributed by atoms with Gasteiger partial charge in [0.05, 0.1) is 6.20 Å². The molecule has 2 aromatic rings. The minimum Gasteiger partial charge on any atom is -0.367 e. The molecular weight excluding hydrogens is 180 g/mol. The fourth-order valence-electron chi connectivity index (χ4n) is 1.15. The Hall–Kier alpha value is -1.65. The number of hydrogen-bond acceptors (Lipinski definition) is 5. The molecule has 0 spiro atoms. The van der Waals surface area contributed by atoms with Gasteiger partial charge in [-0.25, -0.2) is 4.98 Å². The van der Waals surface area contributed by atoms with E-state index in [1.165, 1.54) is 6.33 Å². The smallest absolute Gasteiger partial charge is 0.262 e. The van der Waals surface area contributed by atoms with Crippen LogP contribution in [0.1, 0.15) is 20.3 Å². The fourth-order valence-corrected chi connectivity index (χ4v) is 1.15. The van der Waals surface area contributed by atoms with Crippen LogP contribution in [0.5, 0.6) is 0 Å². The molecule has 0 fully saturated rings. The summed E-state index contributed by atoms with van der Waals surface area (Å²) in [6, 6.07) is 0.378. The minimum absolute atomic E-state index is 0.378. The van der Waals surface area contributed by atoms with Gasteiger partial charge in [-0.2, -0.15) is 4.98 Å². The quantitative estimate of drug-likeness (QED) is 0.803. The first-order valence-electron chi connectivity index (χ1n) is 4.63. The van der Waals surface area contributed by atoms with E-state index in [9.17, 15) is 0 Å². The molecule has 0 saturated carbocycles. The van der Waals surface area contributed by atoms with E-state index >= 15 is 0 Å². The Morgan fingerprint density at radius 1 is 1.50 bits per heavy atom. The molecule has 0 aliphatic heterocycles. The average molecular weight is 192 g/mol. The van der Waals surface area contributed by atoms with Crippen LogP contribution in [0.2, 0.25) is 0 Å². The molecule has 74 valence electrons. The second-order valence-corrected chi connectivity index (χ2v) is 3.22. The van der Waals surface area contributed by atoms with Gasteiger partial charge in [0.25, 0.3) is 5.71 Å². The maximum absolute atomic E-state index is 4.93. The number of rotatable bonds is 3. The highest BCUT2D eigenvalue weighted by molar-refractivity contribution is 5.84. The lowest BCUT2D eigenvalue weighted by molar-refractivity contribution is 0.448. The summed E-state index contributed by atoms with van der Waals surface area (Å²) in [5.74, 6) is 0.783. The monoisotopic (exact) mass is 192 g/mol. The second kappa shape index (κ2) is 3.61. The first kappa shape index (κ1) is 8.93. The highest BCUT2D eigenvalue weighted by Crippen LogP contribution is 2.18. The van der Waals surface area contributed by atoms with Crippen molar-refractivity contribution in [2.75, 3.05) is 5.32 Å². The van der Waals surface area contributed by atoms with Crippen molar-refractivity contribution in [1.82, 2.24) is 15.1 Å². The Labute approximate surface area is 81.5 Å². The summed E-state index contributed by atoms with van der Waals surface area (Å²) in [4.78, 5) is 8.10. The zero-order valence-corrected chi connectivity index (χ0v) is 8.19. The first-order chi connectivity index (χ1) is 6.81. The van der Waals surface area contributed by atoms with Crippen molar-refractivity contribution in [2.24, 2.45) is 0 Å². The number of hydrogen-bond donors (Lipinski definition) is 1. The molecule has 2 aromatic heterocycles. The van der Waals surface area contributed by atoms with Crippen molar-refractivity contribution in [3.63, 3.8) is 0 Å². The number of nitrogens with zero attached hydrogens (tertiary/aromatic N) is 3. The van der Waals surface area contributed by atoms with Crippen LogP contribution in [0.15, 0.2) is 17.0 Å². The molecule has 0 amide bonds. The van der Waals surface area contributed by atoms with Gasteiger partial charge in [0.15, 0.2) is 0 Å². The first-order valence-corrected chi connectivity index (χ1v) is 4.63. The van der Waals surface area contributed by atoms with Crippen LogP contribution < -0.4 is 5.32 Å². The molecule has 5 nitrogen and oxygen atoms in total. The minimum atomic E-state index is 0.378. The Morgan fingerprint density at radius 2 is 2.36 bits per heavy atom. The highest BCUT2D eigenvalue weighted by atomic mass is 16.5. The molecule has 0 aliphatic rings. The third-order valence-corrected chi connectivity index (χ3v) is 2.16. The van der Waals surface area contributed by atoms with Gasteiger partial charge in [-0.05, 0) is 13.3 Å². The van der Waals surface area contributed by atoms with Gasteiger partial charge in [0, 0.05) is 6.04 Å². The van der Waals surface area contributed by atoms with Gasteiger partial charge in [-0.3, -0.25) is 0 Å². The third-order valence-electron chi connectivity index (χ3n) is 2.16. The maximum Gasteiger partial charge on any atom is 0.262 e. The van der Waals surface area contributed by atoms with Crippen molar-refractivity contribution in [3.8, 4) is 0 Å². The van der Waals surface area contributed by atoms with E-state index in [1.54, 1.807) is 6.20 Å². The largest absolute Gasteiger partial charge is 0.367 e. The average Bonchev–Trinajstić information content (AvgIpc) is 2.66. The van der Waals surface area contributed by atoms with Gasteiger partial charge in [0.2, 0.25) is 0 Å². The van der Waals surface area contributed by atoms with Crippen LogP contribution in [0.3, 0.4) is 0 Å². The van der Waals surface area contributed by atoms with Crippen LogP contribution in [-0.4, -0.2) is 21.2 Å². The summed E-state index contributed by atoms with van der Waals surface area (Å²) >= 11 is 0. The molecule has 1 unspecified atom stereocenters. The molecule has 0 bridgehead atoms. The predicted molar refractivity (Wildman–Crippen MR) is 53.0 cm³/mol. The van der Waals surface area contributed by atoms with E-state index in [-0.39, 0.29) is 0 Å². The molecule has 1 atom stereocenters. The van der Waals surface area contributed by atoms with Gasteiger partial charge in [-0.1, -0.05) is 12.1 Å². The molecular formula is C9H12N4O. The molecule has 1 N–H and O–H groups in total. The van der Waals surface area contributed by atoms with Gasteiger partial charge in [-0.15, -0.1) is 0 Å². The van der Waals surface area contributed by atoms with Crippen molar-refractivity contribution in [1.29, 1.82) is 0 Å². The lowest BCUT2D eigenvalue weighted by Gasteiger charge is -2.11. The zero-order valence-electron chi connectivity index (χ0n) is 8.19. The van der Waals surface area contributed by atoms with Crippen molar-refractivity contribution in [2.45, 2.75) is 26.3 Å². The predicted octanol–water partition coefficient (Wildman–Crippen LogP) is 1.83. The summed E-state index contributed by atoms with van der Waals surface area (Å²) in [6.07, 6.45) is 4.13. The fraction of sp³-hybridized carbons (Fsp3) is 0.444. The van der Waals surface area contributed by atoms with E-state index in [0.29, 0.717) is 11.8 Å². The van der Waals surface area contributed by atoms with E-state index in [1.807, 2.05) is 0 Å². The molecule has 2 rings (SSSR count). The number of aromatic nitrogens is 3. The van der Waals surface area contributed by atoms with Crippen LogP contribution in [0.4, 0.5) is 5.82 Å². The lowest BCUT2D eigenvalue weighted by atomic mass is 10.2. The van der Waals surface area contributed by atoms with Crippen LogP contribution >= 0.6 is 0 Å². The van der Waals surface area contributed by atoms with E-state index < -0.39 is 0 Å². The summed E-state index contributed by atoms with van der Waals surface area (Å²) < 4.78 is 4.93. The van der Waals surface area contributed by atoms with Gasteiger partial charge in [0.1, 0.15) is 17.5 Å². The number of nitrogens with one attached hydrogen (secondary N) is 1. The molecule has 0 radical (unpaired) electrons. The summed E-state index contributed by atoms with van der Waals surface area (Å²) in [6.45, 7) is 4.21. The molecule has 0 aromatic carbocycles. The van der Waals surface area contributed by atoms with Crippen molar-refractivity contribution >= 4 is 16.9 Å². The van der Waals surface area contributed by atoms with E-state index in [0.717, 1.165) is 17.6 Å². The Bertz CT molecular complexity index is 425. The van der Waals surface area contributed by atoms with Gasteiger partial charge >= 0.3 is 0 Å². The van der Waals surface area contributed by atoms with Crippen LogP contribution in [0, 0.1) is 0 Å². The zero-order chi connectivity index (χ0) is 9.97. The van der Waals surface area contributed by atoms with E-state index in [2.05, 4.69) is 34.3 Å². The summed E-state index contributed by atoms with van der Waals surface area (Å²) in [5.41, 5.74) is 0.519. The third kappa shape index (κ3) is 1.53. The van der Waals surface area contributed by atoms with Crippen molar-refractivity contribution < 1.29 is 4.52 Å². The Morgan fingerprint density at radius 3 is 3.14 bits per heavy atom. The molecule has 14 heavy (non-hydrogen) atoms. The maximum atomic E-state index is 4.93. The van der Waals surface area contributed by atoms with Gasteiger partial charge < -0.3 is 9.84 Å². The SMILES string of the molecule is CCC(C)Nc1ncnc2oncc12. The standard InChI is InChI=1S/C9H12N4O/c1-3-6(2)13-8-7-4-12-14-9(7)11-5-10-8/h4-6H,3H2,1-2H3,(H,10,11,13). The van der Waals surface area contributed by atoms with E-state index in [4.69, 9.17) is 4.52 Å². The topological polar surface area (TPSA) is 63.8 Å². The Kier molecular flexibility index (Phi) is 2.30. The summed E-state index contributed by atoms with van der Waals surface area (Å²) in [5, 5.41) is 7.77. The summed E-state index contributed by atoms with van der Waals surface area (Å²) in [7, 11) is 0. The molecule has 2 heterocycles. The number of fused-ring (bicyclic) bond motifs is 1. The molecule has 0 saturated heterocycles. The Balaban J connectivity index is 2.36. The van der Waals surface area contributed by atoms with Crippen molar-refractivity contribution in [3.05, 3.63) is 12.5 Å². The highest BCUT2D eigenvalue weighted by Gasteiger charge is 2.08. The second-order valence-electron chi connectivity index (χ2n) is 3.22. The van der Waals surface area contributed by atoms with Crippen LogP contribution in [-0.2, 0) is 0 Å². The van der Waals surface area contributed by atoms with Crippen LogP contribution in [0.25, 0.3) is 11.1 Å². The number of anilines is 1.